The summed E-state index contributed by atoms with van der Waals surface area (Å²) >= 11 is 0. The summed E-state index contributed by atoms with van der Waals surface area (Å²) in [7, 11) is 0. The van der Waals surface area contributed by atoms with Gasteiger partial charge in [0, 0.05) is 6.42 Å². The van der Waals surface area contributed by atoms with Crippen molar-refractivity contribution < 1.29 is 43.3 Å². The van der Waals surface area contributed by atoms with E-state index in [1.807, 2.05) is 24.3 Å². The predicted octanol–water partition coefficient (Wildman–Crippen LogP) is 2.83. The molecule has 3 unspecified atom stereocenters. The number of esters is 2. The Morgan fingerprint density at radius 3 is 2.13 bits per heavy atom. The van der Waals surface area contributed by atoms with Gasteiger partial charge in [0.05, 0.1) is 18.1 Å². The molecule has 246 valence electrons. The van der Waals surface area contributed by atoms with E-state index in [2.05, 4.69) is 16.0 Å². The molecule has 1 aliphatic carbocycles. The van der Waals surface area contributed by atoms with E-state index in [4.69, 9.17) is 14.2 Å². The molecule has 0 radical (unpaired) electrons. The van der Waals surface area contributed by atoms with Crippen LogP contribution in [0.1, 0.15) is 56.1 Å². The maximum Gasteiger partial charge on any atom is 0.408 e. The van der Waals surface area contributed by atoms with Crippen LogP contribution < -0.4 is 16.0 Å². The van der Waals surface area contributed by atoms with Crippen molar-refractivity contribution in [3.63, 3.8) is 0 Å². The van der Waals surface area contributed by atoms with E-state index >= 15 is 0 Å². The molecule has 2 aliphatic rings. The third kappa shape index (κ3) is 10.4. The van der Waals surface area contributed by atoms with Gasteiger partial charge >= 0.3 is 18.0 Å². The number of hydrogen-bond donors (Lipinski definition) is 4. The molecule has 3 amide bonds. The number of allylic oxidation sites excluding steroid dienone is 1. The second-order valence-corrected chi connectivity index (χ2v) is 11.6. The number of aliphatic hydroxyl groups excluding tert-OH is 1. The van der Waals surface area contributed by atoms with Crippen LogP contribution >= 0.6 is 0 Å². The van der Waals surface area contributed by atoms with Gasteiger partial charge in [-0.2, -0.15) is 0 Å². The lowest BCUT2D eigenvalue weighted by atomic mass is 9.95. The number of hydrogen-bond acceptors (Lipinski definition) is 9. The molecule has 46 heavy (non-hydrogen) atoms. The minimum Gasteiger partial charge on any atom is -0.461 e. The molecule has 0 aromatic heterocycles. The Kier molecular flexibility index (Phi) is 12.7. The van der Waals surface area contributed by atoms with Crippen LogP contribution in [-0.4, -0.2) is 65.8 Å². The number of aliphatic hydroxyl groups is 1. The van der Waals surface area contributed by atoms with E-state index in [0.717, 1.165) is 24.0 Å². The van der Waals surface area contributed by atoms with Gasteiger partial charge in [0.15, 0.2) is 6.04 Å². The van der Waals surface area contributed by atoms with E-state index in [1.54, 1.807) is 48.6 Å². The maximum atomic E-state index is 13.4. The number of carbonyl (C=O) groups is 5. The van der Waals surface area contributed by atoms with E-state index < -0.39 is 60.0 Å². The van der Waals surface area contributed by atoms with Crippen molar-refractivity contribution in [2.75, 3.05) is 13.2 Å². The molecule has 4 N–H and O–H groups in total. The molecule has 3 atom stereocenters. The Morgan fingerprint density at radius 1 is 0.891 bits per heavy atom. The number of nitrogens with one attached hydrogen (secondary N) is 3. The summed E-state index contributed by atoms with van der Waals surface area (Å²) in [6.07, 6.45) is 5.39. The average Bonchev–Trinajstić information content (AvgIpc) is 3.54. The highest BCUT2D eigenvalue weighted by Gasteiger charge is 2.36. The summed E-state index contributed by atoms with van der Waals surface area (Å²) in [5, 5.41) is 17.9. The second kappa shape index (κ2) is 17.1. The largest absolute Gasteiger partial charge is 0.461 e. The minimum atomic E-state index is -1.38. The molecule has 4 rings (SSSR count). The van der Waals surface area contributed by atoms with E-state index in [-0.39, 0.29) is 39.1 Å². The third-order valence-corrected chi connectivity index (χ3v) is 8.04. The molecule has 1 heterocycles. The second-order valence-electron chi connectivity index (χ2n) is 11.6. The van der Waals surface area contributed by atoms with Gasteiger partial charge in [0.2, 0.25) is 11.8 Å². The first-order chi connectivity index (χ1) is 22.3. The average molecular weight is 636 g/mol. The normalized spacial score (nSPS) is 21.5. The summed E-state index contributed by atoms with van der Waals surface area (Å²) in [5.41, 5.74) is 0.773. The van der Waals surface area contributed by atoms with Gasteiger partial charge in [-0.05, 0) is 36.8 Å². The fourth-order valence-electron chi connectivity index (χ4n) is 5.40. The number of benzene rings is 2. The SMILES string of the molecule is O=C(CC1CC=CCC(NC(=O)OCc2ccccc2)C(=O)OCC(C(=O)OCc2ccccc2)NC1=O)NC1(CO)CCCC1. The molecule has 0 bridgehead atoms. The first kappa shape index (κ1) is 34.2. The van der Waals surface area contributed by atoms with Gasteiger partial charge in [-0.15, -0.1) is 0 Å². The Balaban J connectivity index is 1.46. The lowest BCUT2D eigenvalue weighted by Crippen LogP contribution is -2.51. The van der Waals surface area contributed by atoms with Gasteiger partial charge in [0.1, 0.15) is 25.9 Å². The van der Waals surface area contributed by atoms with Crippen LogP contribution in [0.2, 0.25) is 0 Å². The monoisotopic (exact) mass is 635 g/mol. The molecular formula is C34H41N3O9. The number of carbonyl (C=O) groups excluding carboxylic acids is 5. The third-order valence-electron chi connectivity index (χ3n) is 8.04. The van der Waals surface area contributed by atoms with Crippen LogP contribution in [0.3, 0.4) is 0 Å². The minimum absolute atomic E-state index is 0.00699. The fourth-order valence-corrected chi connectivity index (χ4v) is 5.40. The smallest absolute Gasteiger partial charge is 0.408 e. The molecule has 1 aliphatic heterocycles. The van der Waals surface area contributed by atoms with Gasteiger partial charge in [-0.1, -0.05) is 85.7 Å². The molecule has 2 aromatic carbocycles. The van der Waals surface area contributed by atoms with Crippen molar-refractivity contribution in [2.45, 2.75) is 75.8 Å². The lowest BCUT2D eigenvalue weighted by molar-refractivity contribution is -0.156. The molecule has 1 fully saturated rings. The van der Waals surface area contributed by atoms with Gasteiger partial charge in [-0.25, -0.2) is 14.4 Å². The van der Waals surface area contributed by atoms with Crippen molar-refractivity contribution in [3.05, 3.63) is 83.9 Å². The first-order valence-corrected chi connectivity index (χ1v) is 15.5. The first-order valence-electron chi connectivity index (χ1n) is 15.5. The van der Waals surface area contributed by atoms with Crippen molar-refractivity contribution in [1.82, 2.24) is 16.0 Å². The number of cyclic esters (lactones) is 1. The molecule has 1 saturated carbocycles. The topological polar surface area (TPSA) is 169 Å². The van der Waals surface area contributed by atoms with Crippen LogP contribution in [-0.2, 0) is 46.6 Å². The summed E-state index contributed by atoms with van der Waals surface area (Å²) in [5.74, 6) is -3.54. The predicted molar refractivity (Wildman–Crippen MR) is 166 cm³/mol. The highest BCUT2D eigenvalue weighted by Crippen LogP contribution is 2.29. The number of ether oxygens (including phenoxy) is 3. The van der Waals surface area contributed by atoms with Crippen molar-refractivity contribution in [3.8, 4) is 0 Å². The van der Waals surface area contributed by atoms with Crippen LogP contribution in [0, 0.1) is 5.92 Å². The van der Waals surface area contributed by atoms with E-state index in [1.165, 1.54) is 0 Å². The zero-order valence-electron chi connectivity index (χ0n) is 25.7. The quantitative estimate of drug-likeness (QED) is 0.174. The number of rotatable bonds is 10. The maximum absolute atomic E-state index is 13.4. The van der Waals surface area contributed by atoms with Gasteiger partial charge in [-0.3, -0.25) is 9.59 Å². The highest BCUT2D eigenvalue weighted by molar-refractivity contribution is 5.90. The van der Waals surface area contributed by atoms with Crippen LogP contribution in [0.25, 0.3) is 0 Å². The number of alkyl carbamates (subject to hydrolysis) is 1. The Labute approximate surface area is 267 Å². The van der Waals surface area contributed by atoms with Crippen LogP contribution in [0.5, 0.6) is 0 Å². The van der Waals surface area contributed by atoms with Gasteiger partial charge in [0.25, 0.3) is 0 Å². The zero-order valence-corrected chi connectivity index (χ0v) is 25.7. The van der Waals surface area contributed by atoms with Crippen LogP contribution in [0.4, 0.5) is 4.79 Å². The van der Waals surface area contributed by atoms with Crippen molar-refractivity contribution in [2.24, 2.45) is 5.92 Å². The molecule has 0 spiro atoms. The Bertz CT molecular complexity index is 1360. The molecule has 0 saturated heterocycles. The molecule has 12 nitrogen and oxygen atoms in total. The van der Waals surface area contributed by atoms with E-state index in [0.29, 0.717) is 12.8 Å². The highest BCUT2D eigenvalue weighted by atomic mass is 16.6. The molecular weight excluding hydrogens is 594 g/mol. The van der Waals surface area contributed by atoms with E-state index in [9.17, 15) is 29.1 Å². The molecule has 12 heteroatoms. The summed E-state index contributed by atoms with van der Waals surface area (Å²) in [4.78, 5) is 65.2. The fraction of sp³-hybridized carbons (Fsp3) is 0.441. The van der Waals surface area contributed by atoms with Crippen molar-refractivity contribution >= 4 is 29.8 Å². The number of amides is 3. The standard InChI is InChI=1S/C34H41N3O9/c38-23-34(17-9-10-18-34)37-29(39)19-26-15-7-8-16-27(36-33(43)46-21-25-13-5-2-6-14-25)31(41)45-22-28(35-30(26)40)32(42)44-20-24-11-3-1-4-12-24/h1-8,11-14,26-28,38H,9-10,15-23H2,(H,35,40)(H,36,43)(H,37,39). The van der Waals surface area contributed by atoms with Crippen LogP contribution in [0.15, 0.2) is 72.8 Å². The Morgan fingerprint density at radius 2 is 1.50 bits per heavy atom. The summed E-state index contributed by atoms with van der Waals surface area (Å²) in [6, 6.07) is 15.4. The lowest BCUT2D eigenvalue weighted by Gasteiger charge is -2.29. The van der Waals surface area contributed by atoms with Gasteiger partial charge < -0.3 is 35.3 Å². The molecule has 2 aromatic rings. The Hall–Kier alpha value is -4.71. The zero-order chi connectivity index (χ0) is 32.8. The summed E-state index contributed by atoms with van der Waals surface area (Å²) in [6.45, 7) is -0.841. The van der Waals surface area contributed by atoms with Crippen molar-refractivity contribution in [1.29, 1.82) is 0 Å². The summed E-state index contributed by atoms with van der Waals surface area (Å²) < 4.78 is 16.1.